The molecule has 7 heteroatoms. The number of carbonyl (C=O) groups excluding carboxylic acids is 2. The summed E-state index contributed by atoms with van der Waals surface area (Å²) in [7, 11) is 0. The molecule has 2 N–H and O–H groups in total. The first-order valence-corrected chi connectivity index (χ1v) is 8.41. The van der Waals surface area contributed by atoms with Gasteiger partial charge >= 0.3 is 51.4 Å². The van der Waals surface area contributed by atoms with Gasteiger partial charge in [0.1, 0.15) is 0 Å². The standard InChI is InChI=1S/C13H23NOS.CH3NOS.K.H/c15-13(16)14(11-7-3-1-4-8-11)12-9-5-2-6-10-12;2-1(3)4;;/h11-12H,1-10H2,(H,15,16);(H3,2,3,4);;/q;;+1;-1. The number of nitrogens with two attached hydrogens (primary N) is 1. The maximum absolute atomic E-state index is 11.7. The first kappa shape index (κ1) is 22.3. The Morgan fingerprint density at radius 2 is 1.14 bits per heavy atom. The van der Waals surface area contributed by atoms with Crippen molar-refractivity contribution in [3.8, 4) is 0 Å². The molecule has 2 amide bonds. The first-order chi connectivity index (χ1) is 9.52. The monoisotopic (exact) mass is 358 g/mol. The quantitative estimate of drug-likeness (QED) is 0.512. The zero-order chi connectivity index (χ0) is 15.0. The number of hydrogen-bond donors (Lipinski definition) is 3. The van der Waals surface area contributed by atoms with E-state index in [1.807, 2.05) is 0 Å². The summed E-state index contributed by atoms with van der Waals surface area (Å²) in [6.07, 6.45) is 12.6. The molecule has 0 heterocycles. The molecule has 21 heavy (non-hydrogen) atoms. The smallest absolute Gasteiger partial charge is 1.00 e. The molecule has 2 fully saturated rings. The largest absolute Gasteiger partial charge is 1.00 e. The molecule has 2 saturated carbocycles. The Morgan fingerprint density at radius 1 is 0.857 bits per heavy atom. The van der Waals surface area contributed by atoms with Gasteiger partial charge in [-0.15, -0.1) is 0 Å². The Balaban J connectivity index is 0. The van der Waals surface area contributed by atoms with Gasteiger partial charge in [-0.2, -0.15) is 0 Å². The van der Waals surface area contributed by atoms with Crippen molar-refractivity contribution in [1.29, 1.82) is 0 Å². The summed E-state index contributed by atoms with van der Waals surface area (Å²) < 4.78 is 0. The summed E-state index contributed by atoms with van der Waals surface area (Å²) in [4.78, 5) is 22.9. The van der Waals surface area contributed by atoms with Crippen molar-refractivity contribution in [2.75, 3.05) is 0 Å². The van der Waals surface area contributed by atoms with Crippen molar-refractivity contribution < 1.29 is 62.4 Å². The van der Waals surface area contributed by atoms with Crippen LogP contribution < -0.4 is 57.1 Å². The van der Waals surface area contributed by atoms with Gasteiger partial charge in [-0.1, -0.05) is 63.8 Å². The normalized spacial score (nSPS) is 19.7. The van der Waals surface area contributed by atoms with Crippen LogP contribution in [0.25, 0.3) is 0 Å². The fraction of sp³-hybridized carbons (Fsp3) is 0.857. The number of primary amides is 1. The molecule has 0 unspecified atom stereocenters. The van der Waals surface area contributed by atoms with Crippen LogP contribution in [0.15, 0.2) is 0 Å². The Morgan fingerprint density at radius 3 is 1.38 bits per heavy atom. The van der Waals surface area contributed by atoms with Crippen molar-refractivity contribution >= 4 is 35.7 Å². The minimum atomic E-state index is -0.639. The molecule has 0 aromatic heterocycles. The van der Waals surface area contributed by atoms with Crippen LogP contribution in [0.5, 0.6) is 0 Å². The van der Waals surface area contributed by atoms with Gasteiger partial charge in [-0.05, 0) is 25.7 Å². The second kappa shape index (κ2) is 12.7. The molecule has 0 bridgehead atoms. The maximum Gasteiger partial charge on any atom is 1.00 e. The number of hydrogen-bond acceptors (Lipinski definition) is 2. The van der Waals surface area contributed by atoms with E-state index in [9.17, 15) is 4.79 Å². The van der Waals surface area contributed by atoms with Crippen LogP contribution in [0.1, 0.15) is 65.6 Å². The zero-order valence-electron chi connectivity index (χ0n) is 14.0. The van der Waals surface area contributed by atoms with Gasteiger partial charge in [-0.3, -0.25) is 9.59 Å². The Hall–Kier alpha value is 1.28. The van der Waals surface area contributed by atoms with Crippen molar-refractivity contribution in [3.63, 3.8) is 0 Å². The van der Waals surface area contributed by atoms with E-state index in [0.29, 0.717) is 12.1 Å². The number of rotatable bonds is 2. The molecule has 2 aliphatic rings. The molecule has 0 aromatic carbocycles. The topological polar surface area (TPSA) is 63.4 Å². The number of carbonyl (C=O) groups is 2. The summed E-state index contributed by atoms with van der Waals surface area (Å²) in [6, 6.07) is 0.976. The Labute approximate surface area is 183 Å². The molecule has 118 valence electrons. The summed E-state index contributed by atoms with van der Waals surface area (Å²) in [6.45, 7) is 0. The average Bonchev–Trinajstić information content (AvgIpc) is 2.40. The summed E-state index contributed by atoms with van der Waals surface area (Å²) in [5.41, 5.74) is 4.34. The summed E-state index contributed by atoms with van der Waals surface area (Å²) in [5.74, 6) is 0. The number of nitrogens with zero attached hydrogens (tertiary/aromatic N) is 1. The van der Waals surface area contributed by atoms with Gasteiger partial charge in [-0.25, -0.2) is 0 Å². The first-order valence-electron chi connectivity index (χ1n) is 7.52. The van der Waals surface area contributed by atoms with E-state index in [1.54, 1.807) is 0 Å². The number of thiol groups is 2. The van der Waals surface area contributed by atoms with Gasteiger partial charge in [0.25, 0.3) is 10.5 Å². The fourth-order valence-electron chi connectivity index (χ4n) is 3.33. The van der Waals surface area contributed by atoms with E-state index in [1.165, 1.54) is 64.2 Å². The molecular weight excluding hydrogens is 331 g/mol. The molecule has 2 rings (SSSR count). The van der Waals surface area contributed by atoms with E-state index in [2.05, 4.69) is 35.9 Å². The van der Waals surface area contributed by atoms with Crippen LogP contribution in [0, 0.1) is 0 Å². The zero-order valence-corrected chi connectivity index (χ0v) is 17.9. The fourth-order valence-corrected chi connectivity index (χ4v) is 3.66. The minimum Gasteiger partial charge on any atom is -1.00 e. The molecular formula is C14H27KN2O2S2. The molecule has 0 atom stereocenters. The minimum absolute atomic E-state index is 0. The van der Waals surface area contributed by atoms with Crippen LogP contribution in [0.2, 0.25) is 0 Å². The van der Waals surface area contributed by atoms with Gasteiger partial charge in [0.15, 0.2) is 0 Å². The van der Waals surface area contributed by atoms with E-state index in [0.717, 1.165) is 0 Å². The molecule has 0 saturated heterocycles. The molecule has 0 spiro atoms. The van der Waals surface area contributed by atoms with E-state index < -0.39 is 5.24 Å². The van der Waals surface area contributed by atoms with Crippen molar-refractivity contribution in [2.24, 2.45) is 5.73 Å². The van der Waals surface area contributed by atoms with Gasteiger partial charge in [0.05, 0.1) is 0 Å². The van der Waals surface area contributed by atoms with Gasteiger partial charge in [0.2, 0.25) is 0 Å². The SMILES string of the molecule is NC(=O)S.O=C(S)N(C1CCCCC1)C1CCCCC1.[H-].[K+]. The third-order valence-corrected chi connectivity index (χ3v) is 4.39. The van der Waals surface area contributed by atoms with Crippen LogP contribution in [0.4, 0.5) is 9.59 Å². The second-order valence-electron chi connectivity index (χ2n) is 5.61. The van der Waals surface area contributed by atoms with Crippen molar-refractivity contribution in [1.82, 2.24) is 4.90 Å². The molecule has 0 radical (unpaired) electrons. The van der Waals surface area contributed by atoms with E-state index in [-0.39, 0.29) is 58.1 Å². The van der Waals surface area contributed by atoms with Gasteiger partial charge < -0.3 is 12.1 Å². The predicted octanol–water partition coefficient (Wildman–Crippen LogP) is 1.11. The Kier molecular flexibility index (Phi) is 13.4. The second-order valence-corrected chi connectivity index (χ2v) is 6.44. The number of amides is 2. The van der Waals surface area contributed by atoms with Crippen LogP contribution in [-0.2, 0) is 0 Å². The molecule has 4 nitrogen and oxygen atoms in total. The molecule has 2 aliphatic carbocycles. The van der Waals surface area contributed by atoms with Gasteiger partial charge in [0, 0.05) is 12.1 Å². The Bertz CT molecular complexity index is 304. The van der Waals surface area contributed by atoms with E-state index in [4.69, 9.17) is 4.79 Å². The average molecular weight is 359 g/mol. The predicted molar refractivity (Wildman–Crippen MR) is 89.6 cm³/mol. The van der Waals surface area contributed by atoms with E-state index >= 15 is 0 Å². The van der Waals surface area contributed by atoms with Crippen molar-refractivity contribution in [2.45, 2.75) is 76.3 Å². The summed E-state index contributed by atoms with van der Waals surface area (Å²) >= 11 is 7.21. The van der Waals surface area contributed by atoms with Crippen LogP contribution in [-0.4, -0.2) is 27.5 Å². The maximum atomic E-state index is 11.7. The molecule has 0 aliphatic heterocycles. The third kappa shape index (κ3) is 9.22. The van der Waals surface area contributed by atoms with Crippen molar-refractivity contribution in [3.05, 3.63) is 0 Å². The third-order valence-electron chi connectivity index (χ3n) is 4.16. The van der Waals surface area contributed by atoms with Crippen LogP contribution in [0.3, 0.4) is 0 Å². The molecule has 0 aromatic rings. The van der Waals surface area contributed by atoms with Crippen LogP contribution >= 0.6 is 25.3 Å². The summed E-state index contributed by atoms with van der Waals surface area (Å²) in [5, 5.41) is -0.626.